The second-order valence-electron chi connectivity index (χ2n) is 4.87. The standard InChI is InChI=1S/C14H20ClN/c1-10-7-12(9-14(15)11(10)2)8-13-5-3-4-6-16-13/h7,9,13,16H,3-6,8H2,1-2H3. The highest BCUT2D eigenvalue weighted by atomic mass is 35.5. The van der Waals surface area contributed by atoms with E-state index in [9.17, 15) is 0 Å². The SMILES string of the molecule is Cc1cc(CC2CCCCN2)cc(Cl)c1C. The summed E-state index contributed by atoms with van der Waals surface area (Å²) >= 11 is 6.22. The molecule has 88 valence electrons. The Morgan fingerprint density at radius 1 is 1.31 bits per heavy atom. The molecule has 16 heavy (non-hydrogen) atoms. The van der Waals surface area contributed by atoms with Gasteiger partial charge in [0.25, 0.3) is 0 Å². The number of aryl methyl sites for hydroxylation is 1. The first-order valence-corrected chi connectivity index (χ1v) is 6.53. The second kappa shape index (κ2) is 5.20. The van der Waals surface area contributed by atoms with Crippen LogP contribution in [-0.2, 0) is 6.42 Å². The van der Waals surface area contributed by atoms with Crippen LogP contribution in [0, 0.1) is 13.8 Å². The summed E-state index contributed by atoms with van der Waals surface area (Å²) in [6.45, 7) is 5.39. The van der Waals surface area contributed by atoms with E-state index >= 15 is 0 Å². The molecule has 2 rings (SSSR count). The van der Waals surface area contributed by atoms with Crippen molar-refractivity contribution in [3.63, 3.8) is 0 Å². The van der Waals surface area contributed by atoms with Gasteiger partial charge in [0.05, 0.1) is 0 Å². The molecule has 1 heterocycles. The van der Waals surface area contributed by atoms with Gasteiger partial charge in [-0.1, -0.05) is 24.1 Å². The Bertz CT molecular complexity index is 344. The maximum atomic E-state index is 6.22. The first-order chi connectivity index (χ1) is 7.66. The van der Waals surface area contributed by atoms with E-state index < -0.39 is 0 Å². The summed E-state index contributed by atoms with van der Waals surface area (Å²) in [6.07, 6.45) is 5.09. The Balaban J connectivity index is 2.09. The molecular formula is C14H20ClN. The number of hydrogen-bond acceptors (Lipinski definition) is 1. The van der Waals surface area contributed by atoms with Gasteiger partial charge >= 0.3 is 0 Å². The molecule has 1 aromatic rings. The van der Waals surface area contributed by atoms with Crippen molar-refractivity contribution in [3.05, 3.63) is 33.8 Å². The molecule has 1 aliphatic heterocycles. The van der Waals surface area contributed by atoms with E-state index in [2.05, 4.69) is 31.3 Å². The highest BCUT2D eigenvalue weighted by Crippen LogP contribution is 2.23. The Labute approximate surface area is 103 Å². The van der Waals surface area contributed by atoms with Crippen molar-refractivity contribution in [1.29, 1.82) is 0 Å². The van der Waals surface area contributed by atoms with Gasteiger partial charge in [-0.25, -0.2) is 0 Å². The van der Waals surface area contributed by atoms with Crippen molar-refractivity contribution in [2.24, 2.45) is 0 Å². The zero-order valence-electron chi connectivity index (χ0n) is 10.1. The van der Waals surface area contributed by atoms with Gasteiger partial charge in [-0.05, 0) is 62.4 Å². The molecule has 0 spiro atoms. The van der Waals surface area contributed by atoms with E-state index in [1.54, 1.807) is 0 Å². The monoisotopic (exact) mass is 237 g/mol. The van der Waals surface area contributed by atoms with Crippen LogP contribution in [-0.4, -0.2) is 12.6 Å². The fourth-order valence-corrected chi connectivity index (χ4v) is 2.68. The van der Waals surface area contributed by atoms with Crippen LogP contribution in [0.15, 0.2) is 12.1 Å². The highest BCUT2D eigenvalue weighted by molar-refractivity contribution is 6.31. The number of halogens is 1. The average Bonchev–Trinajstić information content (AvgIpc) is 2.27. The van der Waals surface area contributed by atoms with Gasteiger partial charge in [-0.15, -0.1) is 0 Å². The van der Waals surface area contributed by atoms with Crippen molar-refractivity contribution < 1.29 is 0 Å². The molecule has 1 saturated heterocycles. The van der Waals surface area contributed by atoms with Gasteiger partial charge in [0.1, 0.15) is 0 Å². The van der Waals surface area contributed by atoms with E-state index in [1.165, 1.54) is 42.5 Å². The van der Waals surface area contributed by atoms with Crippen molar-refractivity contribution in [1.82, 2.24) is 5.32 Å². The van der Waals surface area contributed by atoms with Crippen molar-refractivity contribution in [2.45, 2.75) is 45.6 Å². The number of nitrogens with one attached hydrogen (secondary N) is 1. The van der Waals surface area contributed by atoms with Crippen LogP contribution in [0.2, 0.25) is 5.02 Å². The fourth-order valence-electron chi connectivity index (χ4n) is 2.39. The molecule has 1 N–H and O–H groups in total. The van der Waals surface area contributed by atoms with E-state index in [0.29, 0.717) is 6.04 Å². The molecular weight excluding hydrogens is 218 g/mol. The van der Waals surface area contributed by atoms with Crippen molar-refractivity contribution >= 4 is 11.6 Å². The van der Waals surface area contributed by atoms with Crippen LogP contribution in [0.4, 0.5) is 0 Å². The Morgan fingerprint density at radius 2 is 2.12 bits per heavy atom. The van der Waals surface area contributed by atoms with Crippen LogP contribution >= 0.6 is 11.6 Å². The zero-order chi connectivity index (χ0) is 11.5. The number of piperidine rings is 1. The lowest BCUT2D eigenvalue weighted by Crippen LogP contribution is -2.35. The maximum Gasteiger partial charge on any atom is 0.0440 e. The normalized spacial score (nSPS) is 21.1. The van der Waals surface area contributed by atoms with E-state index in [4.69, 9.17) is 11.6 Å². The van der Waals surface area contributed by atoms with E-state index in [0.717, 1.165) is 11.4 Å². The maximum absolute atomic E-state index is 6.22. The smallest absolute Gasteiger partial charge is 0.0440 e. The lowest BCUT2D eigenvalue weighted by molar-refractivity contribution is 0.399. The number of hydrogen-bond donors (Lipinski definition) is 1. The van der Waals surface area contributed by atoms with Crippen molar-refractivity contribution in [2.75, 3.05) is 6.54 Å². The minimum Gasteiger partial charge on any atom is -0.314 e. The molecule has 0 bridgehead atoms. The molecule has 0 saturated carbocycles. The lowest BCUT2D eigenvalue weighted by atomic mass is 9.96. The largest absolute Gasteiger partial charge is 0.314 e. The molecule has 0 radical (unpaired) electrons. The van der Waals surface area contributed by atoms with Crippen LogP contribution in [0.5, 0.6) is 0 Å². The third-order valence-corrected chi connectivity index (χ3v) is 3.95. The summed E-state index contributed by atoms with van der Waals surface area (Å²) in [4.78, 5) is 0. The van der Waals surface area contributed by atoms with E-state index in [-0.39, 0.29) is 0 Å². The van der Waals surface area contributed by atoms with Crippen LogP contribution < -0.4 is 5.32 Å². The zero-order valence-corrected chi connectivity index (χ0v) is 10.9. The predicted octanol–water partition coefficient (Wildman–Crippen LogP) is 3.64. The third kappa shape index (κ3) is 2.78. The van der Waals surface area contributed by atoms with Crippen LogP contribution in [0.1, 0.15) is 36.0 Å². The molecule has 1 fully saturated rings. The minimum absolute atomic E-state index is 0.645. The van der Waals surface area contributed by atoms with Crippen molar-refractivity contribution in [3.8, 4) is 0 Å². The molecule has 1 nitrogen and oxygen atoms in total. The quantitative estimate of drug-likeness (QED) is 0.828. The summed E-state index contributed by atoms with van der Waals surface area (Å²) in [7, 11) is 0. The molecule has 2 heteroatoms. The third-order valence-electron chi connectivity index (χ3n) is 3.56. The first kappa shape index (κ1) is 11.9. The summed E-state index contributed by atoms with van der Waals surface area (Å²) in [5.41, 5.74) is 3.88. The summed E-state index contributed by atoms with van der Waals surface area (Å²) in [6, 6.07) is 5.05. The molecule has 1 atom stereocenters. The predicted molar refractivity (Wildman–Crippen MR) is 70.3 cm³/mol. The molecule has 0 aliphatic carbocycles. The van der Waals surface area contributed by atoms with Gasteiger partial charge in [0.2, 0.25) is 0 Å². The van der Waals surface area contributed by atoms with E-state index in [1.807, 2.05) is 0 Å². The van der Waals surface area contributed by atoms with Crippen LogP contribution in [0.25, 0.3) is 0 Å². The van der Waals surface area contributed by atoms with Gasteiger partial charge in [-0.2, -0.15) is 0 Å². The van der Waals surface area contributed by atoms with Gasteiger partial charge in [0.15, 0.2) is 0 Å². The number of rotatable bonds is 2. The topological polar surface area (TPSA) is 12.0 Å². The second-order valence-corrected chi connectivity index (χ2v) is 5.28. The lowest BCUT2D eigenvalue weighted by Gasteiger charge is -2.23. The average molecular weight is 238 g/mol. The van der Waals surface area contributed by atoms with Gasteiger partial charge in [0, 0.05) is 11.1 Å². The first-order valence-electron chi connectivity index (χ1n) is 6.16. The molecule has 1 aromatic carbocycles. The number of benzene rings is 1. The summed E-state index contributed by atoms with van der Waals surface area (Å²) in [5, 5.41) is 4.49. The minimum atomic E-state index is 0.645. The Hall–Kier alpha value is -0.530. The van der Waals surface area contributed by atoms with Gasteiger partial charge in [-0.3, -0.25) is 0 Å². The van der Waals surface area contributed by atoms with Crippen LogP contribution in [0.3, 0.4) is 0 Å². The Kier molecular flexibility index (Phi) is 3.88. The highest BCUT2D eigenvalue weighted by Gasteiger charge is 2.13. The Morgan fingerprint density at radius 3 is 2.75 bits per heavy atom. The molecule has 0 aromatic heterocycles. The molecule has 0 amide bonds. The molecule has 1 aliphatic rings. The summed E-state index contributed by atoms with van der Waals surface area (Å²) in [5.74, 6) is 0. The fraction of sp³-hybridized carbons (Fsp3) is 0.571. The van der Waals surface area contributed by atoms with Gasteiger partial charge < -0.3 is 5.32 Å². The summed E-state index contributed by atoms with van der Waals surface area (Å²) < 4.78 is 0. The molecule has 1 unspecified atom stereocenters.